The number of hydrogen-bond acceptors (Lipinski definition) is 6. The van der Waals surface area contributed by atoms with Crippen molar-refractivity contribution in [2.75, 3.05) is 28.3 Å². The molecule has 1 aromatic rings. The smallest absolute Gasteiger partial charge is 0.338 e. The van der Waals surface area contributed by atoms with Gasteiger partial charge in [-0.3, -0.25) is 0 Å². The summed E-state index contributed by atoms with van der Waals surface area (Å²) in [7, 11) is 5.91. The van der Waals surface area contributed by atoms with Crippen LogP contribution in [0.5, 0.6) is 5.75 Å². The maximum absolute atomic E-state index is 11.7. The van der Waals surface area contributed by atoms with Gasteiger partial charge in [-0.1, -0.05) is 0 Å². The fourth-order valence-corrected chi connectivity index (χ4v) is 1.44. The summed E-state index contributed by atoms with van der Waals surface area (Å²) in [6, 6.07) is 4.33. The van der Waals surface area contributed by atoms with Crippen molar-refractivity contribution in [3.63, 3.8) is 0 Å². The highest BCUT2D eigenvalue weighted by Gasteiger charge is 2.19. The highest BCUT2D eigenvalue weighted by Crippen LogP contribution is 2.20. The van der Waals surface area contributed by atoms with Gasteiger partial charge < -0.3 is 19.1 Å². The molecule has 0 heterocycles. The first-order chi connectivity index (χ1) is 9.40. The van der Waals surface area contributed by atoms with Gasteiger partial charge in [0.05, 0.1) is 25.3 Å². The number of benzene rings is 1. The Morgan fingerprint density at radius 1 is 1.05 bits per heavy atom. The lowest BCUT2D eigenvalue weighted by molar-refractivity contribution is 0.0555. The number of methoxy groups -OCH3 is 2. The van der Waals surface area contributed by atoms with E-state index < -0.39 is 11.9 Å². The molecule has 20 heavy (non-hydrogen) atoms. The lowest BCUT2D eigenvalue weighted by Gasteiger charge is -2.15. The average molecular weight is 297 g/mol. The third-order valence-electron chi connectivity index (χ3n) is 2.37. The minimum atomic E-state index is -0.661. The van der Waals surface area contributed by atoms with E-state index in [-0.39, 0.29) is 16.3 Å². The molecule has 0 atom stereocenters. The number of carbonyl (C=O) groups is 2. The molecule has 1 aromatic carbocycles. The quantitative estimate of drug-likeness (QED) is 0.618. The Hall–Kier alpha value is -2.15. The molecule has 0 unspecified atom stereocenters. The normalized spacial score (nSPS) is 9.60. The number of rotatable bonds is 3. The van der Waals surface area contributed by atoms with Crippen molar-refractivity contribution >= 4 is 29.3 Å². The fourth-order valence-electron chi connectivity index (χ4n) is 1.35. The first kappa shape index (κ1) is 15.9. The first-order valence-corrected chi connectivity index (χ1v) is 6.01. The van der Waals surface area contributed by atoms with E-state index in [9.17, 15) is 9.59 Å². The van der Waals surface area contributed by atoms with E-state index in [0.29, 0.717) is 5.75 Å². The second kappa shape index (κ2) is 6.85. The third-order valence-corrected chi connectivity index (χ3v) is 2.82. The van der Waals surface area contributed by atoms with Crippen LogP contribution in [0.1, 0.15) is 20.7 Å². The highest BCUT2D eigenvalue weighted by molar-refractivity contribution is 7.80. The summed E-state index contributed by atoms with van der Waals surface area (Å²) in [6.07, 6.45) is 0. The predicted molar refractivity (Wildman–Crippen MR) is 76.0 cm³/mol. The molecule has 0 amide bonds. The molecule has 0 aliphatic carbocycles. The SMILES string of the molecule is COC(=O)c1ccc(OC(=S)N(C)C)cc1C(=O)OC. The summed E-state index contributed by atoms with van der Waals surface area (Å²) in [5.74, 6) is -0.962. The molecule has 6 nitrogen and oxygen atoms in total. The van der Waals surface area contributed by atoms with Gasteiger partial charge in [0.25, 0.3) is 5.17 Å². The topological polar surface area (TPSA) is 65.1 Å². The standard InChI is InChI=1S/C13H15NO5S/c1-14(2)13(20)19-8-5-6-9(11(15)17-3)10(7-8)12(16)18-4/h5-7H,1-4H3. The number of nitrogens with zero attached hydrogens (tertiary/aromatic N) is 1. The summed E-state index contributed by atoms with van der Waals surface area (Å²) in [5.41, 5.74) is 0.154. The van der Waals surface area contributed by atoms with Crippen LogP contribution in [-0.2, 0) is 9.47 Å². The minimum Gasteiger partial charge on any atom is -0.465 e. The van der Waals surface area contributed by atoms with Crippen molar-refractivity contribution in [3.05, 3.63) is 29.3 Å². The van der Waals surface area contributed by atoms with E-state index in [1.54, 1.807) is 19.0 Å². The second-order valence-corrected chi connectivity index (χ2v) is 4.30. The van der Waals surface area contributed by atoms with Gasteiger partial charge in [0, 0.05) is 14.1 Å². The molecule has 7 heteroatoms. The van der Waals surface area contributed by atoms with E-state index in [1.807, 2.05) is 0 Å². The van der Waals surface area contributed by atoms with Crippen molar-refractivity contribution in [1.29, 1.82) is 0 Å². The van der Waals surface area contributed by atoms with Crippen molar-refractivity contribution in [2.45, 2.75) is 0 Å². The average Bonchev–Trinajstić information content (AvgIpc) is 2.45. The molecular weight excluding hydrogens is 282 g/mol. The van der Waals surface area contributed by atoms with Gasteiger partial charge in [0.2, 0.25) is 0 Å². The zero-order chi connectivity index (χ0) is 15.3. The molecule has 1 rings (SSSR count). The van der Waals surface area contributed by atoms with Crippen LogP contribution in [0.15, 0.2) is 18.2 Å². The lowest BCUT2D eigenvalue weighted by Crippen LogP contribution is -2.25. The Morgan fingerprint density at radius 3 is 2.10 bits per heavy atom. The number of carbonyl (C=O) groups excluding carboxylic acids is 2. The summed E-state index contributed by atoms with van der Waals surface area (Å²) in [5, 5.41) is 0.228. The number of esters is 2. The fraction of sp³-hybridized carbons (Fsp3) is 0.308. The molecule has 0 saturated heterocycles. The van der Waals surface area contributed by atoms with Crippen LogP contribution in [0.2, 0.25) is 0 Å². The van der Waals surface area contributed by atoms with Crippen LogP contribution in [0, 0.1) is 0 Å². The van der Waals surface area contributed by atoms with Crippen molar-refractivity contribution in [3.8, 4) is 5.75 Å². The maximum atomic E-state index is 11.7. The Bertz CT molecular complexity index is 542. The Kier molecular flexibility index (Phi) is 5.45. The van der Waals surface area contributed by atoms with Gasteiger partial charge in [-0.15, -0.1) is 0 Å². The van der Waals surface area contributed by atoms with Crippen LogP contribution < -0.4 is 4.74 Å². The van der Waals surface area contributed by atoms with Crippen LogP contribution in [0.25, 0.3) is 0 Å². The predicted octanol–water partition coefficient (Wildman–Crippen LogP) is 1.49. The summed E-state index contributed by atoms with van der Waals surface area (Å²) >= 11 is 5.00. The monoisotopic (exact) mass is 297 g/mol. The molecule has 0 aliphatic heterocycles. The summed E-state index contributed by atoms with van der Waals surface area (Å²) < 4.78 is 14.6. The van der Waals surface area contributed by atoms with Crippen LogP contribution >= 0.6 is 12.2 Å². The number of thiocarbonyl (C=S) groups is 1. The lowest BCUT2D eigenvalue weighted by atomic mass is 10.1. The zero-order valence-electron chi connectivity index (χ0n) is 11.6. The first-order valence-electron chi connectivity index (χ1n) is 5.60. The molecule has 0 aromatic heterocycles. The van der Waals surface area contributed by atoms with E-state index >= 15 is 0 Å². The minimum absolute atomic E-state index is 0.0541. The van der Waals surface area contributed by atoms with E-state index in [0.717, 1.165) is 0 Å². The van der Waals surface area contributed by atoms with Crippen LogP contribution in [-0.4, -0.2) is 50.3 Å². The summed E-state index contributed by atoms with van der Waals surface area (Å²) in [4.78, 5) is 24.9. The van der Waals surface area contributed by atoms with Crippen molar-refractivity contribution in [1.82, 2.24) is 4.90 Å². The molecule has 0 saturated carbocycles. The van der Waals surface area contributed by atoms with Gasteiger partial charge >= 0.3 is 11.9 Å². The Morgan fingerprint density at radius 2 is 1.60 bits per heavy atom. The largest absolute Gasteiger partial charge is 0.465 e. The number of ether oxygens (including phenoxy) is 3. The molecule has 0 N–H and O–H groups in total. The maximum Gasteiger partial charge on any atom is 0.338 e. The van der Waals surface area contributed by atoms with Gasteiger partial charge in [0.15, 0.2) is 0 Å². The Balaban J connectivity index is 3.17. The second-order valence-electron chi connectivity index (χ2n) is 3.95. The van der Waals surface area contributed by atoms with Crippen LogP contribution in [0.4, 0.5) is 0 Å². The van der Waals surface area contributed by atoms with Gasteiger partial charge in [-0.2, -0.15) is 0 Å². The van der Waals surface area contributed by atoms with E-state index in [1.165, 1.54) is 32.4 Å². The van der Waals surface area contributed by atoms with Crippen LogP contribution in [0.3, 0.4) is 0 Å². The molecule has 0 spiro atoms. The molecule has 0 aliphatic rings. The zero-order valence-corrected chi connectivity index (χ0v) is 12.4. The van der Waals surface area contributed by atoms with Gasteiger partial charge in [0.1, 0.15) is 5.75 Å². The van der Waals surface area contributed by atoms with Crippen molar-refractivity contribution in [2.24, 2.45) is 0 Å². The molecular formula is C13H15NO5S. The summed E-state index contributed by atoms with van der Waals surface area (Å²) in [6.45, 7) is 0. The van der Waals surface area contributed by atoms with E-state index in [4.69, 9.17) is 17.0 Å². The van der Waals surface area contributed by atoms with Gasteiger partial charge in [-0.05, 0) is 30.4 Å². The molecule has 108 valence electrons. The molecule has 0 radical (unpaired) electrons. The van der Waals surface area contributed by atoms with Crippen molar-refractivity contribution < 1.29 is 23.8 Å². The number of hydrogen-bond donors (Lipinski definition) is 0. The third kappa shape index (κ3) is 3.67. The molecule has 0 bridgehead atoms. The van der Waals surface area contributed by atoms with Gasteiger partial charge in [-0.25, -0.2) is 9.59 Å². The Labute approximate surface area is 122 Å². The van der Waals surface area contributed by atoms with E-state index in [2.05, 4.69) is 9.47 Å². The molecule has 0 fully saturated rings. The highest BCUT2D eigenvalue weighted by atomic mass is 32.1.